The van der Waals surface area contributed by atoms with E-state index in [1.54, 1.807) is 6.92 Å². The molecule has 2 aromatic heterocycles. The van der Waals surface area contributed by atoms with Gasteiger partial charge in [-0.05, 0) is 52.4 Å². The Balaban J connectivity index is 1.45. The Hall–Kier alpha value is -4.23. The maximum atomic E-state index is 11.2. The lowest BCUT2D eigenvalue weighted by molar-refractivity contribution is -0.392. The monoisotopic (exact) mass is 484 g/mol. The van der Waals surface area contributed by atoms with Crippen LogP contribution >= 0.6 is 11.6 Å². The quantitative estimate of drug-likeness (QED) is 0.189. The number of imidazole rings is 1. The zero-order valence-corrected chi connectivity index (χ0v) is 19.6. The topological polar surface area (TPSA) is 83.1 Å². The third-order valence-electron chi connectivity index (χ3n) is 5.79. The molecule has 0 saturated carbocycles. The highest BCUT2D eigenvalue weighted by Crippen LogP contribution is 2.34. The summed E-state index contributed by atoms with van der Waals surface area (Å²) in [6, 6.07) is 25.6. The van der Waals surface area contributed by atoms with Gasteiger partial charge in [0, 0.05) is 22.9 Å². The van der Waals surface area contributed by atoms with Crippen molar-refractivity contribution in [1.82, 2.24) is 14.5 Å². The van der Waals surface area contributed by atoms with Crippen molar-refractivity contribution in [2.75, 3.05) is 6.61 Å². The van der Waals surface area contributed by atoms with Crippen LogP contribution in [0.25, 0.3) is 33.3 Å². The summed E-state index contributed by atoms with van der Waals surface area (Å²) in [7, 11) is 0. The molecule has 0 saturated heterocycles. The second-order valence-electron chi connectivity index (χ2n) is 8.03. The Bertz CT molecular complexity index is 1530. The predicted molar refractivity (Wildman–Crippen MR) is 137 cm³/mol. The highest BCUT2D eigenvalue weighted by molar-refractivity contribution is 6.31. The lowest BCUT2D eigenvalue weighted by Crippen LogP contribution is -2.11. The number of ether oxygens (including phenoxy) is 1. The molecule has 2 heterocycles. The van der Waals surface area contributed by atoms with E-state index in [1.807, 2.05) is 60.7 Å². The van der Waals surface area contributed by atoms with Crippen LogP contribution in [-0.2, 0) is 6.54 Å². The molecule has 0 aliphatic heterocycles. The minimum atomic E-state index is -0.441. The molecule has 0 unspecified atom stereocenters. The molecule has 0 radical (unpaired) electrons. The number of hydrogen-bond acceptors (Lipinski definition) is 5. The van der Waals surface area contributed by atoms with Gasteiger partial charge < -0.3 is 14.9 Å². The van der Waals surface area contributed by atoms with Crippen molar-refractivity contribution in [2.45, 2.75) is 13.5 Å². The van der Waals surface area contributed by atoms with Crippen molar-refractivity contribution in [2.24, 2.45) is 0 Å². The average Bonchev–Trinajstić information content (AvgIpc) is 3.24. The lowest BCUT2D eigenvalue weighted by atomic mass is 9.98. The first-order chi connectivity index (χ1) is 17.0. The van der Waals surface area contributed by atoms with E-state index in [0.717, 1.165) is 33.3 Å². The number of fused-ring (bicyclic) bond motifs is 1. The summed E-state index contributed by atoms with van der Waals surface area (Å²) in [5.41, 5.74) is 4.68. The highest BCUT2D eigenvalue weighted by Gasteiger charge is 2.17. The smallest absolute Gasteiger partial charge is 0.342 e. The van der Waals surface area contributed by atoms with Crippen molar-refractivity contribution < 1.29 is 9.66 Å². The molecule has 8 heteroatoms. The number of pyridine rings is 1. The predicted octanol–water partition coefficient (Wildman–Crippen LogP) is 6.71. The number of benzene rings is 3. The van der Waals surface area contributed by atoms with Crippen LogP contribution in [0.1, 0.15) is 5.82 Å². The molecular weight excluding hydrogens is 464 g/mol. The van der Waals surface area contributed by atoms with E-state index in [4.69, 9.17) is 21.3 Å². The van der Waals surface area contributed by atoms with Crippen molar-refractivity contribution in [1.29, 1.82) is 0 Å². The molecule has 0 atom stereocenters. The van der Waals surface area contributed by atoms with Gasteiger partial charge in [-0.2, -0.15) is 0 Å². The third kappa shape index (κ3) is 4.72. The van der Waals surface area contributed by atoms with E-state index < -0.39 is 4.92 Å². The Morgan fingerprint density at radius 3 is 2.60 bits per heavy atom. The molecule has 5 rings (SSSR count). The van der Waals surface area contributed by atoms with Crippen molar-refractivity contribution >= 4 is 28.3 Å². The van der Waals surface area contributed by atoms with Gasteiger partial charge in [-0.1, -0.05) is 54.1 Å². The van der Waals surface area contributed by atoms with Crippen molar-refractivity contribution in [3.8, 4) is 28.1 Å². The van der Waals surface area contributed by atoms with E-state index in [0.29, 0.717) is 23.1 Å². The van der Waals surface area contributed by atoms with Crippen LogP contribution in [0, 0.1) is 17.0 Å². The summed E-state index contributed by atoms with van der Waals surface area (Å²) >= 11 is 6.29. The number of rotatable bonds is 7. The van der Waals surface area contributed by atoms with Gasteiger partial charge in [0.05, 0.1) is 11.2 Å². The molecule has 0 spiro atoms. The lowest BCUT2D eigenvalue weighted by Gasteiger charge is -2.12. The number of aromatic nitrogens is 3. The normalized spacial score (nSPS) is 11.0. The third-order valence-corrected chi connectivity index (χ3v) is 6.03. The number of nitrogens with zero attached hydrogens (tertiary/aromatic N) is 4. The summed E-state index contributed by atoms with van der Waals surface area (Å²) in [6.07, 6.45) is 1.26. The first-order valence-corrected chi connectivity index (χ1v) is 11.4. The van der Waals surface area contributed by atoms with E-state index in [9.17, 15) is 10.1 Å². The van der Waals surface area contributed by atoms with Gasteiger partial charge in [0.2, 0.25) is 0 Å². The first-order valence-electron chi connectivity index (χ1n) is 11.0. The Morgan fingerprint density at radius 2 is 1.80 bits per heavy atom. The van der Waals surface area contributed by atoms with Gasteiger partial charge in [-0.25, -0.2) is 14.5 Å². The van der Waals surface area contributed by atoms with Crippen LogP contribution in [0.4, 0.5) is 5.82 Å². The Kier molecular flexibility index (Phi) is 6.16. The molecule has 174 valence electrons. The number of hydrogen-bond donors (Lipinski definition) is 0. The molecule has 0 N–H and O–H groups in total. The Morgan fingerprint density at radius 1 is 1.00 bits per heavy atom. The summed E-state index contributed by atoms with van der Waals surface area (Å²) in [4.78, 5) is 19.7. The van der Waals surface area contributed by atoms with Crippen LogP contribution in [-0.4, -0.2) is 26.1 Å². The minimum Gasteiger partial charge on any atom is -0.489 e. The highest BCUT2D eigenvalue weighted by atomic mass is 35.5. The van der Waals surface area contributed by atoms with E-state index in [1.165, 1.54) is 10.8 Å². The van der Waals surface area contributed by atoms with Crippen LogP contribution in [0.15, 0.2) is 85.1 Å². The summed E-state index contributed by atoms with van der Waals surface area (Å²) in [6.45, 7) is 2.32. The fraction of sp³-hybridized carbons (Fsp3) is 0.111. The minimum absolute atomic E-state index is 0.0474. The van der Waals surface area contributed by atoms with Crippen LogP contribution in [0.3, 0.4) is 0 Å². The molecular formula is C27H21ClN4O3. The number of aryl methyl sites for hydroxylation is 1. The maximum Gasteiger partial charge on any atom is 0.342 e. The average molecular weight is 485 g/mol. The fourth-order valence-corrected chi connectivity index (χ4v) is 4.25. The maximum absolute atomic E-state index is 11.2. The molecule has 5 aromatic rings. The van der Waals surface area contributed by atoms with Gasteiger partial charge in [-0.3, -0.25) is 0 Å². The summed E-state index contributed by atoms with van der Waals surface area (Å²) < 4.78 is 7.47. The van der Waals surface area contributed by atoms with Crippen molar-refractivity contribution in [3.05, 3.63) is 106 Å². The second kappa shape index (κ2) is 9.56. The summed E-state index contributed by atoms with van der Waals surface area (Å²) in [5.74, 6) is 1.18. The van der Waals surface area contributed by atoms with E-state index >= 15 is 0 Å². The molecule has 35 heavy (non-hydrogen) atoms. The van der Waals surface area contributed by atoms with E-state index in [2.05, 4.69) is 23.2 Å². The standard InChI is InChI=1S/C27H21ClN4O3/c1-18-29-17-27(32(33)34)31(18)12-13-35-22-9-5-8-20(14-22)26-16-23(19-6-3-2-4-7-19)24-15-21(28)10-11-25(24)30-26/h2-11,14-17H,12-13H2,1H3. The fourth-order valence-electron chi connectivity index (χ4n) is 4.08. The molecule has 3 aromatic carbocycles. The molecule has 0 aliphatic rings. The molecule has 0 fully saturated rings. The SMILES string of the molecule is Cc1ncc([N+](=O)[O-])n1CCOc1cccc(-c2cc(-c3ccccc3)c3cc(Cl)ccc3n2)c1. The zero-order chi connectivity index (χ0) is 24.4. The zero-order valence-electron chi connectivity index (χ0n) is 18.9. The molecule has 0 aliphatic carbocycles. The number of halogens is 1. The second-order valence-corrected chi connectivity index (χ2v) is 8.47. The van der Waals surface area contributed by atoms with E-state index in [-0.39, 0.29) is 12.4 Å². The molecule has 7 nitrogen and oxygen atoms in total. The number of nitro groups is 1. The van der Waals surface area contributed by atoms with Gasteiger partial charge in [0.25, 0.3) is 0 Å². The Labute approximate surface area is 206 Å². The molecule has 0 amide bonds. The van der Waals surface area contributed by atoms with Crippen molar-refractivity contribution in [3.63, 3.8) is 0 Å². The van der Waals surface area contributed by atoms with Crippen LogP contribution in [0.5, 0.6) is 5.75 Å². The van der Waals surface area contributed by atoms with Gasteiger partial charge in [0.1, 0.15) is 25.1 Å². The largest absolute Gasteiger partial charge is 0.489 e. The molecule has 0 bridgehead atoms. The summed E-state index contributed by atoms with van der Waals surface area (Å²) in [5, 5.41) is 12.8. The van der Waals surface area contributed by atoms with Gasteiger partial charge in [-0.15, -0.1) is 0 Å². The van der Waals surface area contributed by atoms with Crippen LogP contribution in [0.2, 0.25) is 5.02 Å². The van der Waals surface area contributed by atoms with Gasteiger partial charge in [0.15, 0.2) is 5.82 Å². The van der Waals surface area contributed by atoms with Crippen LogP contribution < -0.4 is 4.74 Å². The first kappa shape index (κ1) is 22.6. The van der Waals surface area contributed by atoms with Gasteiger partial charge >= 0.3 is 5.82 Å².